The van der Waals surface area contributed by atoms with Crippen molar-refractivity contribution in [3.63, 3.8) is 0 Å². The molecule has 2 aromatic carbocycles. The van der Waals surface area contributed by atoms with Gasteiger partial charge in [0.05, 0.1) is 21.3 Å². The van der Waals surface area contributed by atoms with Crippen molar-refractivity contribution in [1.29, 1.82) is 0 Å². The second kappa shape index (κ2) is 10.7. The fraction of sp³-hybridized carbons (Fsp3) is 0.241. The Morgan fingerprint density at radius 1 is 1.10 bits per heavy atom. The first-order chi connectivity index (χ1) is 18.8. The Kier molecular flexibility index (Phi) is 7.38. The molecule has 2 aromatic heterocycles. The molecule has 0 bridgehead atoms. The summed E-state index contributed by atoms with van der Waals surface area (Å²) in [6.07, 6.45) is 1.75. The van der Waals surface area contributed by atoms with E-state index in [2.05, 4.69) is 27.1 Å². The zero-order valence-electron chi connectivity index (χ0n) is 21.1. The molecule has 1 N–H and O–H groups in total. The molecule has 198 valence electrons. The fourth-order valence-corrected chi connectivity index (χ4v) is 5.51. The van der Waals surface area contributed by atoms with Gasteiger partial charge in [-0.15, -0.1) is 5.92 Å². The van der Waals surface area contributed by atoms with Crippen LogP contribution in [0.25, 0.3) is 11.0 Å². The summed E-state index contributed by atoms with van der Waals surface area (Å²) in [4.78, 5) is 34.7. The van der Waals surface area contributed by atoms with E-state index in [1.807, 2.05) is 28.7 Å². The SMILES string of the molecule is CC#C[C@]1(OC(=O)c2ccccc2)[C@H](n2ccc3c(NC(=O)c4ccccc4)ncnc32)O[C@](F)(CI)[C@H]1C. The topological polar surface area (TPSA) is 95.3 Å². The average Bonchev–Trinajstić information content (AvgIpc) is 3.48. The number of rotatable bonds is 6. The van der Waals surface area contributed by atoms with Crippen LogP contribution in [0.3, 0.4) is 0 Å². The van der Waals surface area contributed by atoms with Gasteiger partial charge in [0.25, 0.3) is 5.91 Å². The Bertz CT molecular complexity index is 1590. The highest BCUT2D eigenvalue weighted by Gasteiger charge is 2.65. The van der Waals surface area contributed by atoms with Crippen LogP contribution in [0.15, 0.2) is 79.3 Å². The number of carbonyl (C=O) groups is 2. The van der Waals surface area contributed by atoms with Crippen molar-refractivity contribution in [3.8, 4) is 11.8 Å². The molecule has 1 saturated heterocycles. The number of esters is 1. The van der Waals surface area contributed by atoms with Crippen molar-refractivity contribution in [3.05, 3.63) is 90.4 Å². The molecular weight excluding hydrogens is 614 g/mol. The zero-order valence-corrected chi connectivity index (χ0v) is 23.3. The predicted molar refractivity (Wildman–Crippen MR) is 152 cm³/mol. The standard InChI is InChI=1S/C29H24FIN4O4/c1-3-15-28(38-26(37)21-12-8-5-9-13-21)19(2)29(30,17-31)39-27(28)35-16-14-22-23(32-18-33-24(22)35)34-25(36)20-10-6-4-7-11-20/h4-14,16,18-19,27H,17H2,1-2H3,(H,32,33,34,36)/t19-,27+,28+,29+/m0/s1. The fourth-order valence-electron chi connectivity index (χ4n) is 4.67. The van der Waals surface area contributed by atoms with Gasteiger partial charge in [-0.1, -0.05) is 71.8 Å². The molecule has 4 atom stereocenters. The monoisotopic (exact) mass is 638 g/mol. The molecule has 0 unspecified atom stereocenters. The van der Waals surface area contributed by atoms with Crippen LogP contribution in [-0.2, 0) is 9.47 Å². The van der Waals surface area contributed by atoms with Crippen molar-refractivity contribution >= 4 is 51.3 Å². The number of hydrogen-bond donors (Lipinski definition) is 1. The molecule has 1 aliphatic rings. The van der Waals surface area contributed by atoms with Gasteiger partial charge in [-0.05, 0) is 37.3 Å². The quantitative estimate of drug-likeness (QED) is 0.129. The molecule has 0 saturated carbocycles. The number of nitrogens with zero attached hydrogens (tertiary/aromatic N) is 3. The third kappa shape index (κ3) is 4.77. The number of benzene rings is 2. The second-order valence-electron chi connectivity index (χ2n) is 9.04. The van der Waals surface area contributed by atoms with E-state index >= 15 is 4.39 Å². The molecular formula is C29H24FIN4O4. The smallest absolute Gasteiger partial charge is 0.339 e. The van der Waals surface area contributed by atoms with Gasteiger partial charge in [0.15, 0.2) is 6.23 Å². The van der Waals surface area contributed by atoms with Crippen LogP contribution in [0.5, 0.6) is 0 Å². The Morgan fingerprint density at radius 3 is 2.41 bits per heavy atom. The Hall–Kier alpha value is -3.82. The first kappa shape index (κ1) is 26.8. The van der Waals surface area contributed by atoms with Crippen LogP contribution in [0.1, 0.15) is 40.8 Å². The number of fused-ring (bicyclic) bond motifs is 1. The van der Waals surface area contributed by atoms with E-state index in [0.29, 0.717) is 22.2 Å². The Balaban J connectivity index is 1.59. The molecule has 39 heavy (non-hydrogen) atoms. The molecule has 1 amide bonds. The number of hydrogen-bond acceptors (Lipinski definition) is 6. The van der Waals surface area contributed by atoms with Crippen LogP contribution >= 0.6 is 22.6 Å². The van der Waals surface area contributed by atoms with Crippen molar-refractivity contribution < 1.29 is 23.5 Å². The molecule has 3 heterocycles. The summed E-state index contributed by atoms with van der Waals surface area (Å²) in [5.74, 6) is 1.96. The van der Waals surface area contributed by atoms with E-state index in [9.17, 15) is 9.59 Å². The molecule has 5 rings (SSSR count). The number of aromatic nitrogens is 3. The summed E-state index contributed by atoms with van der Waals surface area (Å²) in [5, 5.41) is 3.30. The highest BCUT2D eigenvalue weighted by molar-refractivity contribution is 14.1. The molecule has 8 nitrogen and oxygen atoms in total. The number of nitrogens with one attached hydrogen (secondary N) is 1. The number of anilines is 1. The highest BCUT2D eigenvalue weighted by Crippen LogP contribution is 2.53. The molecule has 1 fully saturated rings. The minimum absolute atomic E-state index is 0.0228. The maximum absolute atomic E-state index is 16.2. The third-order valence-electron chi connectivity index (χ3n) is 6.77. The molecule has 4 aromatic rings. The summed E-state index contributed by atoms with van der Waals surface area (Å²) in [6, 6.07) is 18.9. The average molecular weight is 638 g/mol. The third-order valence-corrected chi connectivity index (χ3v) is 7.81. The number of carbonyl (C=O) groups excluding carboxylic acids is 2. The zero-order chi connectivity index (χ0) is 27.6. The first-order valence-electron chi connectivity index (χ1n) is 12.2. The van der Waals surface area contributed by atoms with Crippen molar-refractivity contribution in [2.45, 2.75) is 31.5 Å². The lowest BCUT2D eigenvalue weighted by atomic mass is 9.85. The minimum Gasteiger partial charge on any atom is -0.437 e. The van der Waals surface area contributed by atoms with Crippen LogP contribution < -0.4 is 5.32 Å². The maximum Gasteiger partial charge on any atom is 0.339 e. The number of halogens is 2. The lowest BCUT2D eigenvalue weighted by molar-refractivity contribution is -0.154. The minimum atomic E-state index is -2.15. The van der Waals surface area contributed by atoms with E-state index in [-0.39, 0.29) is 16.2 Å². The van der Waals surface area contributed by atoms with Crippen LogP contribution in [-0.4, -0.2) is 42.3 Å². The van der Waals surface area contributed by atoms with Gasteiger partial charge in [-0.3, -0.25) is 4.79 Å². The summed E-state index contributed by atoms with van der Waals surface area (Å²) in [5.41, 5.74) is -0.573. The summed E-state index contributed by atoms with van der Waals surface area (Å²) in [7, 11) is 0. The Morgan fingerprint density at radius 2 is 1.77 bits per heavy atom. The second-order valence-corrected chi connectivity index (χ2v) is 9.80. The molecule has 1 aliphatic heterocycles. The Labute approximate surface area is 238 Å². The van der Waals surface area contributed by atoms with Crippen molar-refractivity contribution in [2.24, 2.45) is 5.92 Å². The van der Waals surface area contributed by atoms with Crippen molar-refractivity contribution in [1.82, 2.24) is 14.5 Å². The number of ether oxygens (including phenoxy) is 2. The highest BCUT2D eigenvalue weighted by atomic mass is 127. The van der Waals surface area contributed by atoms with E-state index in [1.165, 1.54) is 6.33 Å². The molecule has 10 heteroatoms. The van der Waals surface area contributed by atoms with E-state index in [4.69, 9.17) is 9.47 Å². The van der Waals surface area contributed by atoms with Gasteiger partial charge in [-0.2, -0.15) is 0 Å². The summed E-state index contributed by atoms with van der Waals surface area (Å²) >= 11 is 1.91. The van der Waals surface area contributed by atoms with Gasteiger partial charge in [-0.25, -0.2) is 19.2 Å². The molecule has 0 radical (unpaired) electrons. The molecule has 0 aliphatic carbocycles. The van der Waals surface area contributed by atoms with Gasteiger partial charge in [0.1, 0.15) is 17.8 Å². The lowest BCUT2D eigenvalue weighted by Gasteiger charge is -2.33. The number of amides is 1. The summed E-state index contributed by atoms with van der Waals surface area (Å²) < 4.78 is 29.8. The largest absolute Gasteiger partial charge is 0.437 e. The van der Waals surface area contributed by atoms with Gasteiger partial charge in [0, 0.05) is 11.8 Å². The predicted octanol–water partition coefficient (Wildman–Crippen LogP) is 5.57. The van der Waals surface area contributed by atoms with Gasteiger partial charge in [0.2, 0.25) is 11.5 Å². The van der Waals surface area contributed by atoms with Crippen LogP contribution in [0.4, 0.5) is 10.2 Å². The van der Waals surface area contributed by atoms with Crippen LogP contribution in [0, 0.1) is 17.8 Å². The van der Waals surface area contributed by atoms with E-state index < -0.39 is 29.6 Å². The first-order valence-corrected chi connectivity index (χ1v) is 13.7. The van der Waals surface area contributed by atoms with Gasteiger partial charge < -0.3 is 19.4 Å². The van der Waals surface area contributed by atoms with Gasteiger partial charge >= 0.3 is 5.97 Å². The van der Waals surface area contributed by atoms with E-state index in [0.717, 1.165) is 0 Å². The maximum atomic E-state index is 16.2. The molecule has 0 spiro atoms. The van der Waals surface area contributed by atoms with E-state index in [1.54, 1.807) is 85.3 Å². The normalized spacial score (nSPS) is 24.1. The summed E-state index contributed by atoms with van der Waals surface area (Å²) in [6.45, 7) is 3.21. The van der Waals surface area contributed by atoms with Crippen molar-refractivity contribution in [2.75, 3.05) is 9.74 Å². The lowest BCUT2D eigenvalue weighted by Crippen LogP contribution is -2.46. The number of alkyl halides is 2. The van der Waals surface area contributed by atoms with Crippen LogP contribution in [0.2, 0.25) is 0 Å².